The van der Waals surface area contributed by atoms with Gasteiger partial charge in [-0.1, -0.05) is 39.8 Å². The minimum Gasteiger partial charge on any atom is -0.326 e. The van der Waals surface area contributed by atoms with Gasteiger partial charge in [0.1, 0.15) is 5.82 Å². The molecule has 1 aromatic heterocycles. The largest absolute Gasteiger partial charge is 0.326 e. The summed E-state index contributed by atoms with van der Waals surface area (Å²) in [7, 11) is 0. The van der Waals surface area contributed by atoms with Crippen LogP contribution >= 0.6 is 27.7 Å². The number of nitrogens with zero attached hydrogens (tertiary/aromatic N) is 1. The summed E-state index contributed by atoms with van der Waals surface area (Å²) in [5, 5.41) is 3.22. The maximum absolute atomic E-state index is 13.0. The Balaban J connectivity index is 1.65. The standard InChI is InChI=1S/C20H17BrFN3O2S/c1-12-8-15(6-7-17(12)21)23-18(26)9-16-10-19(27)25-20(24-16)28-11-13-2-4-14(22)5-3-13/h2-8,10H,9,11H2,1H3,(H,23,26)(H,24,25,27). The van der Waals surface area contributed by atoms with Crippen LogP contribution in [0.2, 0.25) is 0 Å². The Morgan fingerprint density at radius 1 is 1.21 bits per heavy atom. The minimum atomic E-state index is -0.320. The van der Waals surface area contributed by atoms with E-state index in [1.54, 1.807) is 18.2 Å². The van der Waals surface area contributed by atoms with E-state index in [1.807, 2.05) is 19.1 Å². The topological polar surface area (TPSA) is 74.8 Å². The summed E-state index contributed by atoms with van der Waals surface area (Å²) in [5.74, 6) is -0.0274. The number of anilines is 1. The molecule has 28 heavy (non-hydrogen) atoms. The van der Waals surface area contributed by atoms with Crippen molar-refractivity contribution in [3.8, 4) is 0 Å². The van der Waals surface area contributed by atoms with Gasteiger partial charge in [0.15, 0.2) is 5.16 Å². The summed E-state index contributed by atoms with van der Waals surface area (Å²) in [6.45, 7) is 1.93. The monoisotopic (exact) mass is 461 g/mol. The Hall–Kier alpha value is -2.45. The zero-order valence-electron chi connectivity index (χ0n) is 15.0. The number of nitrogens with one attached hydrogen (secondary N) is 2. The van der Waals surface area contributed by atoms with E-state index in [2.05, 4.69) is 31.2 Å². The number of thioether (sulfide) groups is 1. The van der Waals surface area contributed by atoms with Crippen molar-refractivity contribution in [3.63, 3.8) is 0 Å². The number of aryl methyl sites for hydroxylation is 1. The lowest BCUT2D eigenvalue weighted by molar-refractivity contribution is -0.115. The predicted molar refractivity (Wildman–Crippen MR) is 112 cm³/mol. The molecule has 3 rings (SSSR count). The Morgan fingerprint density at radius 3 is 2.68 bits per heavy atom. The second-order valence-electron chi connectivity index (χ2n) is 6.15. The normalized spacial score (nSPS) is 10.7. The molecule has 0 atom stereocenters. The quantitative estimate of drug-likeness (QED) is 0.419. The number of carbonyl (C=O) groups excluding carboxylic acids is 1. The second kappa shape index (κ2) is 9.16. The van der Waals surface area contributed by atoms with Crippen LogP contribution in [-0.4, -0.2) is 15.9 Å². The highest BCUT2D eigenvalue weighted by Gasteiger charge is 2.09. The van der Waals surface area contributed by atoms with Crippen LogP contribution in [0.15, 0.2) is 63.0 Å². The third-order valence-electron chi connectivity index (χ3n) is 3.85. The van der Waals surface area contributed by atoms with E-state index in [4.69, 9.17) is 0 Å². The van der Waals surface area contributed by atoms with Gasteiger partial charge < -0.3 is 10.3 Å². The van der Waals surface area contributed by atoms with E-state index in [0.29, 0.717) is 22.3 Å². The third kappa shape index (κ3) is 5.77. The average molecular weight is 462 g/mol. The maximum Gasteiger partial charge on any atom is 0.251 e. The maximum atomic E-state index is 13.0. The minimum absolute atomic E-state index is 0.0108. The fraction of sp³-hybridized carbons (Fsp3) is 0.150. The van der Waals surface area contributed by atoms with Crippen molar-refractivity contribution >= 4 is 39.3 Å². The zero-order valence-corrected chi connectivity index (χ0v) is 17.4. The highest BCUT2D eigenvalue weighted by Crippen LogP contribution is 2.21. The van der Waals surface area contributed by atoms with Crippen LogP contribution in [-0.2, 0) is 17.0 Å². The molecule has 1 amide bonds. The van der Waals surface area contributed by atoms with E-state index < -0.39 is 0 Å². The highest BCUT2D eigenvalue weighted by atomic mass is 79.9. The van der Waals surface area contributed by atoms with E-state index in [9.17, 15) is 14.0 Å². The first-order valence-corrected chi connectivity index (χ1v) is 10.2. The van der Waals surface area contributed by atoms with Gasteiger partial charge in [0.25, 0.3) is 5.56 Å². The van der Waals surface area contributed by atoms with Gasteiger partial charge in [-0.3, -0.25) is 9.59 Å². The number of rotatable bonds is 6. The lowest BCUT2D eigenvalue weighted by Crippen LogP contribution is -2.18. The lowest BCUT2D eigenvalue weighted by atomic mass is 10.2. The number of H-pyrrole nitrogens is 1. The van der Waals surface area contributed by atoms with Crippen molar-refractivity contribution in [2.45, 2.75) is 24.3 Å². The molecule has 1 heterocycles. The van der Waals surface area contributed by atoms with E-state index in [0.717, 1.165) is 15.6 Å². The fourth-order valence-corrected chi connectivity index (χ4v) is 3.56. The van der Waals surface area contributed by atoms with Crippen molar-refractivity contribution < 1.29 is 9.18 Å². The summed E-state index contributed by atoms with van der Waals surface area (Å²) >= 11 is 4.73. The lowest BCUT2D eigenvalue weighted by Gasteiger charge is -2.08. The first-order chi connectivity index (χ1) is 13.4. The van der Waals surface area contributed by atoms with Gasteiger partial charge in [0, 0.05) is 22.0 Å². The van der Waals surface area contributed by atoms with Gasteiger partial charge in [-0.05, 0) is 48.4 Å². The van der Waals surface area contributed by atoms with Gasteiger partial charge in [-0.15, -0.1) is 0 Å². The summed E-state index contributed by atoms with van der Waals surface area (Å²) in [6, 6.07) is 13.0. The number of hydrogen-bond acceptors (Lipinski definition) is 4. The molecule has 0 unspecified atom stereocenters. The molecule has 0 aliphatic rings. The summed E-state index contributed by atoms with van der Waals surface area (Å²) < 4.78 is 13.9. The van der Waals surface area contributed by atoms with Crippen molar-refractivity contribution in [3.05, 3.63) is 86.0 Å². The smallest absolute Gasteiger partial charge is 0.251 e. The highest BCUT2D eigenvalue weighted by molar-refractivity contribution is 9.10. The molecular weight excluding hydrogens is 445 g/mol. The van der Waals surface area contributed by atoms with E-state index in [-0.39, 0.29) is 23.7 Å². The van der Waals surface area contributed by atoms with Gasteiger partial charge in [0.05, 0.1) is 12.1 Å². The molecule has 0 saturated heterocycles. The number of hydrogen-bond donors (Lipinski definition) is 2. The van der Waals surface area contributed by atoms with Crippen molar-refractivity contribution in [1.82, 2.24) is 9.97 Å². The molecule has 2 N–H and O–H groups in total. The third-order valence-corrected chi connectivity index (χ3v) is 5.68. The van der Waals surface area contributed by atoms with E-state index in [1.165, 1.54) is 30.0 Å². The van der Waals surface area contributed by atoms with Crippen LogP contribution in [0, 0.1) is 12.7 Å². The predicted octanol–water partition coefficient (Wildman–Crippen LogP) is 4.45. The molecule has 0 aliphatic carbocycles. The molecule has 0 aliphatic heterocycles. The van der Waals surface area contributed by atoms with Crippen molar-refractivity contribution in [2.75, 3.05) is 5.32 Å². The Labute approximate surface area is 173 Å². The van der Waals surface area contributed by atoms with E-state index >= 15 is 0 Å². The Morgan fingerprint density at radius 2 is 1.96 bits per heavy atom. The van der Waals surface area contributed by atoms with Crippen molar-refractivity contribution in [2.24, 2.45) is 0 Å². The molecule has 5 nitrogen and oxygen atoms in total. The van der Waals surface area contributed by atoms with Crippen LogP contribution < -0.4 is 10.9 Å². The SMILES string of the molecule is Cc1cc(NC(=O)Cc2cc(=O)[nH]c(SCc3ccc(F)cc3)n2)ccc1Br. The fourth-order valence-electron chi connectivity index (χ4n) is 2.47. The first-order valence-electron chi connectivity index (χ1n) is 8.42. The summed E-state index contributed by atoms with van der Waals surface area (Å²) in [5.41, 5.74) is 2.66. The average Bonchev–Trinajstić information content (AvgIpc) is 2.64. The molecule has 8 heteroatoms. The molecule has 0 radical (unpaired) electrons. The Kier molecular flexibility index (Phi) is 6.64. The number of benzene rings is 2. The van der Waals surface area contributed by atoms with Crippen molar-refractivity contribution in [1.29, 1.82) is 0 Å². The van der Waals surface area contributed by atoms with Gasteiger partial charge >= 0.3 is 0 Å². The number of aromatic nitrogens is 2. The molecule has 3 aromatic rings. The number of amides is 1. The number of halogens is 2. The summed E-state index contributed by atoms with van der Waals surface area (Å²) in [6.07, 6.45) is -0.0108. The molecule has 0 saturated carbocycles. The molecule has 0 fully saturated rings. The van der Waals surface area contributed by atoms with Crippen LogP contribution in [0.25, 0.3) is 0 Å². The van der Waals surface area contributed by atoms with Crippen LogP contribution in [0.3, 0.4) is 0 Å². The zero-order chi connectivity index (χ0) is 20.1. The molecule has 0 spiro atoms. The van der Waals surface area contributed by atoms with Crippen LogP contribution in [0.4, 0.5) is 10.1 Å². The molecule has 2 aromatic carbocycles. The molecule has 0 bridgehead atoms. The summed E-state index contributed by atoms with van der Waals surface area (Å²) in [4.78, 5) is 31.2. The number of carbonyl (C=O) groups is 1. The molecular formula is C20H17BrFN3O2S. The van der Waals surface area contributed by atoms with Crippen LogP contribution in [0.5, 0.6) is 0 Å². The van der Waals surface area contributed by atoms with Crippen LogP contribution in [0.1, 0.15) is 16.8 Å². The van der Waals surface area contributed by atoms with Gasteiger partial charge in [0.2, 0.25) is 5.91 Å². The Bertz CT molecular complexity index is 1050. The van der Waals surface area contributed by atoms with Gasteiger partial charge in [-0.2, -0.15) is 0 Å². The molecule has 144 valence electrons. The van der Waals surface area contributed by atoms with Gasteiger partial charge in [-0.25, -0.2) is 9.37 Å². The second-order valence-corrected chi connectivity index (χ2v) is 7.96. The first kappa shape index (κ1) is 20.3. The number of aromatic amines is 1.